The van der Waals surface area contributed by atoms with Crippen LogP contribution in [-0.4, -0.2) is 42.9 Å². The van der Waals surface area contributed by atoms with Gasteiger partial charge in [-0.05, 0) is 24.1 Å². The third kappa shape index (κ3) is 4.82. The zero-order valence-corrected chi connectivity index (χ0v) is 14.2. The van der Waals surface area contributed by atoms with Gasteiger partial charge in [-0.2, -0.15) is 0 Å². The summed E-state index contributed by atoms with van der Waals surface area (Å²) < 4.78 is 13.1. The number of hydrogen-bond acceptors (Lipinski definition) is 2. The summed E-state index contributed by atoms with van der Waals surface area (Å²) in [5.41, 5.74) is 0.869. The Morgan fingerprint density at radius 3 is 2.96 bits per heavy atom. The van der Waals surface area contributed by atoms with Gasteiger partial charge in [-0.1, -0.05) is 24.6 Å². The van der Waals surface area contributed by atoms with Gasteiger partial charge in [0.2, 0.25) is 5.91 Å². The van der Waals surface area contributed by atoms with E-state index < -0.39 is 5.82 Å². The van der Waals surface area contributed by atoms with Crippen molar-refractivity contribution in [2.75, 3.05) is 20.1 Å². The van der Waals surface area contributed by atoms with E-state index >= 15 is 0 Å². The lowest BCUT2D eigenvalue weighted by molar-refractivity contribution is -0.129. The molecule has 1 saturated heterocycles. The molecule has 0 saturated carbocycles. The minimum Gasteiger partial charge on any atom is -0.352 e. The number of rotatable bonds is 4. The van der Waals surface area contributed by atoms with E-state index in [0.29, 0.717) is 25.5 Å². The quantitative estimate of drug-likeness (QED) is 0.652. The van der Waals surface area contributed by atoms with Crippen LogP contribution >= 0.6 is 11.6 Å². The highest BCUT2D eigenvalue weighted by Crippen LogP contribution is 2.16. The van der Waals surface area contributed by atoms with Crippen molar-refractivity contribution in [3.63, 3.8) is 0 Å². The average molecular weight is 341 g/mol. The number of guanidine groups is 1. The van der Waals surface area contributed by atoms with Crippen LogP contribution in [0.3, 0.4) is 0 Å². The largest absolute Gasteiger partial charge is 0.352 e. The van der Waals surface area contributed by atoms with Crippen molar-refractivity contribution in [1.82, 2.24) is 15.5 Å². The van der Waals surface area contributed by atoms with Crippen LogP contribution < -0.4 is 10.6 Å². The minimum absolute atomic E-state index is 0.108. The van der Waals surface area contributed by atoms with Crippen molar-refractivity contribution in [2.24, 2.45) is 4.99 Å². The molecule has 1 aromatic rings. The van der Waals surface area contributed by atoms with E-state index in [0.717, 1.165) is 18.5 Å². The van der Waals surface area contributed by atoms with Gasteiger partial charge < -0.3 is 15.5 Å². The number of aliphatic imine (C=N–C) groups is 1. The van der Waals surface area contributed by atoms with Crippen LogP contribution in [0.5, 0.6) is 0 Å². The Hall–Kier alpha value is -1.82. The number of halogens is 2. The third-order valence-corrected chi connectivity index (χ3v) is 4.14. The van der Waals surface area contributed by atoms with Gasteiger partial charge in [0.25, 0.3) is 0 Å². The zero-order chi connectivity index (χ0) is 16.8. The molecule has 1 atom stereocenters. The van der Waals surface area contributed by atoms with Crippen LogP contribution in [0.2, 0.25) is 5.02 Å². The maximum Gasteiger partial charge on any atom is 0.222 e. The number of likely N-dealkylation sites (tertiary alicyclic amines) is 1. The molecule has 1 fully saturated rings. The Bertz CT molecular complexity index is 593. The molecular weight excluding hydrogens is 319 g/mol. The molecule has 0 bridgehead atoms. The van der Waals surface area contributed by atoms with E-state index in [-0.39, 0.29) is 17.0 Å². The van der Waals surface area contributed by atoms with Crippen LogP contribution in [0.4, 0.5) is 4.39 Å². The number of benzene rings is 1. The summed E-state index contributed by atoms with van der Waals surface area (Å²) in [6.45, 7) is 3.83. The van der Waals surface area contributed by atoms with Crippen LogP contribution in [-0.2, 0) is 11.3 Å². The molecule has 0 spiro atoms. The Morgan fingerprint density at radius 2 is 2.30 bits per heavy atom. The standard InChI is InChI=1S/C16H22ClFN4O/c1-3-15(23)22-7-6-12(10-22)21-16(19-2)20-9-11-4-5-14(18)13(17)8-11/h4-5,8,12H,3,6-7,9-10H2,1-2H3,(H2,19,20,21). The molecule has 7 heteroatoms. The van der Waals surface area contributed by atoms with E-state index in [9.17, 15) is 9.18 Å². The van der Waals surface area contributed by atoms with Gasteiger partial charge in [0.05, 0.1) is 5.02 Å². The molecule has 1 amide bonds. The molecule has 5 nitrogen and oxygen atoms in total. The predicted octanol–water partition coefficient (Wildman–Crippen LogP) is 2.16. The summed E-state index contributed by atoms with van der Waals surface area (Å²) in [6, 6.07) is 4.81. The van der Waals surface area contributed by atoms with Crippen LogP contribution in [0, 0.1) is 5.82 Å². The summed E-state index contributed by atoms with van der Waals surface area (Å²) in [5.74, 6) is 0.406. The fourth-order valence-electron chi connectivity index (χ4n) is 2.55. The van der Waals surface area contributed by atoms with Gasteiger partial charge in [-0.15, -0.1) is 0 Å². The van der Waals surface area contributed by atoms with Crippen molar-refractivity contribution >= 4 is 23.5 Å². The summed E-state index contributed by atoms with van der Waals surface area (Å²) in [6.07, 6.45) is 1.43. The first kappa shape index (κ1) is 17.5. The Kier molecular flexibility index (Phi) is 6.21. The normalized spacial score (nSPS) is 18.2. The molecule has 23 heavy (non-hydrogen) atoms. The molecule has 1 aliphatic rings. The smallest absolute Gasteiger partial charge is 0.222 e. The Balaban J connectivity index is 1.84. The first-order valence-corrected chi connectivity index (χ1v) is 8.10. The number of carbonyl (C=O) groups excluding carboxylic acids is 1. The van der Waals surface area contributed by atoms with Gasteiger partial charge in [-0.3, -0.25) is 9.79 Å². The fourth-order valence-corrected chi connectivity index (χ4v) is 2.75. The van der Waals surface area contributed by atoms with Crippen LogP contribution in [0.25, 0.3) is 0 Å². The Morgan fingerprint density at radius 1 is 1.52 bits per heavy atom. The van der Waals surface area contributed by atoms with Gasteiger partial charge in [0.1, 0.15) is 5.82 Å². The van der Waals surface area contributed by atoms with Crippen molar-refractivity contribution in [3.8, 4) is 0 Å². The average Bonchev–Trinajstić information content (AvgIpc) is 3.02. The van der Waals surface area contributed by atoms with Crippen LogP contribution in [0.15, 0.2) is 23.2 Å². The lowest BCUT2D eigenvalue weighted by Crippen LogP contribution is -2.44. The maximum atomic E-state index is 13.1. The summed E-state index contributed by atoms with van der Waals surface area (Å²) >= 11 is 5.77. The third-order valence-electron chi connectivity index (χ3n) is 3.85. The van der Waals surface area contributed by atoms with Crippen molar-refractivity contribution in [2.45, 2.75) is 32.4 Å². The number of nitrogens with zero attached hydrogens (tertiary/aromatic N) is 2. The molecule has 1 aromatic carbocycles. The van der Waals surface area contributed by atoms with Gasteiger partial charge in [0.15, 0.2) is 5.96 Å². The maximum absolute atomic E-state index is 13.1. The van der Waals surface area contributed by atoms with Crippen molar-refractivity contribution in [3.05, 3.63) is 34.6 Å². The topological polar surface area (TPSA) is 56.7 Å². The number of carbonyl (C=O) groups is 1. The molecule has 126 valence electrons. The molecule has 0 aromatic heterocycles. The van der Waals surface area contributed by atoms with E-state index in [1.807, 2.05) is 11.8 Å². The lowest BCUT2D eigenvalue weighted by atomic mass is 10.2. The molecular formula is C16H22ClFN4O. The van der Waals surface area contributed by atoms with E-state index in [2.05, 4.69) is 15.6 Å². The van der Waals surface area contributed by atoms with Crippen LogP contribution in [0.1, 0.15) is 25.3 Å². The number of amides is 1. The molecule has 0 radical (unpaired) electrons. The van der Waals surface area contributed by atoms with E-state index in [1.54, 1.807) is 19.2 Å². The minimum atomic E-state index is -0.426. The molecule has 1 aliphatic heterocycles. The highest BCUT2D eigenvalue weighted by molar-refractivity contribution is 6.30. The number of hydrogen-bond donors (Lipinski definition) is 2. The van der Waals surface area contributed by atoms with Gasteiger partial charge in [0, 0.05) is 39.1 Å². The lowest BCUT2D eigenvalue weighted by Gasteiger charge is -2.18. The molecule has 2 N–H and O–H groups in total. The second-order valence-electron chi connectivity index (χ2n) is 5.50. The van der Waals surface area contributed by atoms with Crippen molar-refractivity contribution < 1.29 is 9.18 Å². The zero-order valence-electron chi connectivity index (χ0n) is 13.4. The first-order valence-electron chi connectivity index (χ1n) is 7.72. The van der Waals surface area contributed by atoms with E-state index in [1.165, 1.54) is 6.07 Å². The monoisotopic (exact) mass is 340 g/mol. The molecule has 1 unspecified atom stereocenters. The predicted molar refractivity (Wildman–Crippen MR) is 90.0 cm³/mol. The molecule has 2 rings (SSSR count). The number of nitrogens with one attached hydrogen (secondary N) is 2. The highest BCUT2D eigenvalue weighted by Gasteiger charge is 2.25. The first-order chi connectivity index (χ1) is 11.0. The Labute approximate surface area is 140 Å². The second-order valence-corrected chi connectivity index (χ2v) is 5.90. The highest BCUT2D eigenvalue weighted by atomic mass is 35.5. The molecule has 0 aliphatic carbocycles. The van der Waals surface area contributed by atoms with Gasteiger partial charge in [-0.25, -0.2) is 4.39 Å². The SMILES string of the molecule is CCC(=O)N1CCC(NC(=NC)NCc2ccc(F)c(Cl)c2)C1. The van der Waals surface area contributed by atoms with Crippen molar-refractivity contribution in [1.29, 1.82) is 0 Å². The summed E-state index contributed by atoms with van der Waals surface area (Å²) in [5, 5.41) is 6.59. The molecule has 1 heterocycles. The summed E-state index contributed by atoms with van der Waals surface area (Å²) in [4.78, 5) is 17.7. The van der Waals surface area contributed by atoms with Gasteiger partial charge >= 0.3 is 0 Å². The van der Waals surface area contributed by atoms with E-state index in [4.69, 9.17) is 11.6 Å². The fraction of sp³-hybridized carbons (Fsp3) is 0.500. The second kappa shape index (κ2) is 8.15. The summed E-state index contributed by atoms with van der Waals surface area (Å²) in [7, 11) is 1.69.